The van der Waals surface area contributed by atoms with E-state index in [4.69, 9.17) is 0 Å². The molecule has 0 spiro atoms. The molecule has 19 heavy (non-hydrogen) atoms. The molecule has 0 unspecified atom stereocenters. The van der Waals surface area contributed by atoms with Gasteiger partial charge in [0.25, 0.3) is 0 Å². The molecule has 0 saturated heterocycles. The Hall–Kier alpha value is -2.44. The molecule has 0 saturated carbocycles. The van der Waals surface area contributed by atoms with Crippen molar-refractivity contribution in [3.8, 4) is 0 Å². The second-order valence-corrected chi connectivity index (χ2v) is 4.46. The van der Waals surface area contributed by atoms with Crippen molar-refractivity contribution in [2.24, 2.45) is 14.1 Å². The molecule has 0 amide bonds. The van der Waals surface area contributed by atoms with Crippen LogP contribution in [0.4, 0.5) is 5.82 Å². The van der Waals surface area contributed by atoms with Gasteiger partial charge in [0.15, 0.2) is 5.65 Å². The van der Waals surface area contributed by atoms with Crippen LogP contribution in [0.15, 0.2) is 18.7 Å². The molecule has 0 aliphatic rings. The average Bonchev–Trinajstić information content (AvgIpc) is 2.94. The Morgan fingerprint density at radius 1 is 1.11 bits per heavy atom. The van der Waals surface area contributed by atoms with Crippen LogP contribution in [-0.2, 0) is 20.6 Å². The van der Waals surface area contributed by atoms with E-state index in [1.165, 1.54) is 0 Å². The van der Waals surface area contributed by atoms with Crippen LogP contribution in [0.25, 0.3) is 11.0 Å². The first-order valence-corrected chi connectivity index (χ1v) is 6.01. The molecule has 3 heterocycles. The van der Waals surface area contributed by atoms with Gasteiger partial charge in [-0.3, -0.25) is 9.36 Å². The van der Waals surface area contributed by atoms with Gasteiger partial charge in [-0.25, -0.2) is 9.97 Å². The van der Waals surface area contributed by atoms with Crippen molar-refractivity contribution in [1.82, 2.24) is 29.5 Å². The van der Waals surface area contributed by atoms with E-state index in [0.29, 0.717) is 6.54 Å². The maximum Gasteiger partial charge on any atom is 0.163 e. The number of hydrogen-bond acceptors (Lipinski definition) is 5. The largest absolute Gasteiger partial charge is 0.365 e. The first-order valence-electron chi connectivity index (χ1n) is 6.01. The summed E-state index contributed by atoms with van der Waals surface area (Å²) in [5, 5.41) is 12.6. The average molecular weight is 257 g/mol. The number of rotatable bonds is 3. The van der Waals surface area contributed by atoms with E-state index in [1.807, 2.05) is 31.9 Å². The Kier molecular flexibility index (Phi) is 2.66. The predicted molar refractivity (Wildman–Crippen MR) is 71.6 cm³/mol. The summed E-state index contributed by atoms with van der Waals surface area (Å²) in [7, 11) is 3.80. The number of anilines is 1. The monoisotopic (exact) mass is 257 g/mol. The summed E-state index contributed by atoms with van der Waals surface area (Å²) in [5.41, 5.74) is 3.11. The Labute approximate surface area is 110 Å². The standard InChI is InChI=1S/C12H15N7/c1-8-9(5-16-18(8)2)4-13-11-10-6-17-19(3)12(10)15-7-14-11/h5-7H,4H2,1-3H3,(H,13,14,15). The lowest BCUT2D eigenvalue weighted by atomic mass is 10.2. The van der Waals surface area contributed by atoms with Crippen molar-refractivity contribution in [1.29, 1.82) is 0 Å². The van der Waals surface area contributed by atoms with Gasteiger partial charge in [0.1, 0.15) is 12.1 Å². The highest BCUT2D eigenvalue weighted by molar-refractivity contribution is 5.85. The molecule has 0 radical (unpaired) electrons. The maximum absolute atomic E-state index is 4.27. The van der Waals surface area contributed by atoms with Crippen LogP contribution in [0, 0.1) is 6.92 Å². The van der Waals surface area contributed by atoms with Gasteiger partial charge in [0.2, 0.25) is 0 Å². The molecule has 0 aliphatic heterocycles. The van der Waals surface area contributed by atoms with Crippen LogP contribution in [0.1, 0.15) is 11.3 Å². The first-order chi connectivity index (χ1) is 9.16. The number of fused-ring (bicyclic) bond motifs is 1. The summed E-state index contributed by atoms with van der Waals surface area (Å²) >= 11 is 0. The van der Waals surface area contributed by atoms with Gasteiger partial charge in [-0.1, -0.05) is 0 Å². The zero-order valence-electron chi connectivity index (χ0n) is 11.1. The second-order valence-electron chi connectivity index (χ2n) is 4.46. The highest BCUT2D eigenvalue weighted by Gasteiger charge is 2.09. The van der Waals surface area contributed by atoms with E-state index in [1.54, 1.807) is 17.2 Å². The fraction of sp³-hybridized carbons (Fsp3) is 0.333. The number of aromatic nitrogens is 6. The fourth-order valence-corrected chi connectivity index (χ4v) is 2.00. The second kappa shape index (κ2) is 4.34. The van der Waals surface area contributed by atoms with Crippen molar-refractivity contribution < 1.29 is 0 Å². The maximum atomic E-state index is 4.27. The van der Waals surface area contributed by atoms with Gasteiger partial charge in [0, 0.05) is 31.9 Å². The predicted octanol–water partition coefficient (Wildman–Crippen LogP) is 1.02. The van der Waals surface area contributed by atoms with Crippen LogP contribution in [0.3, 0.4) is 0 Å². The van der Waals surface area contributed by atoms with Crippen molar-refractivity contribution in [3.63, 3.8) is 0 Å². The zero-order chi connectivity index (χ0) is 13.4. The molecule has 7 heteroatoms. The lowest BCUT2D eigenvalue weighted by molar-refractivity contribution is 0.738. The van der Waals surface area contributed by atoms with Crippen LogP contribution in [-0.4, -0.2) is 29.5 Å². The van der Waals surface area contributed by atoms with Crippen molar-refractivity contribution in [3.05, 3.63) is 30.0 Å². The molecule has 0 aliphatic carbocycles. The third kappa shape index (κ3) is 1.92. The molecular formula is C12H15N7. The van der Waals surface area contributed by atoms with Gasteiger partial charge in [-0.05, 0) is 6.92 Å². The SMILES string of the molecule is Cc1c(CNc2ncnc3c2cnn3C)cnn1C. The summed E-state index contributed by atoms with van der Waals surface area (Å²) in [5.74, 6) is 0.793. The van der Waals surface area contributed by atoms with Crippen LogP contribution in [0.2, 0.25) is 0 Å². The fourth-order valence-electron chi connectivity index (χ4n) is 2.00. The van der Waals surface area contributed by atoms with Crippen molar-refractivity contribution in [2.75, 3.05) is 5.32 Å². The molecule has 0 aromatic carbocycles. The molecule has 98 valence electrons. The molecular weight excluding hydrogens is 242 g/mol. The molecule has 7 nitrogen and oxygen atoms in total. The Morgan fingerprint density at radius 3 is 2.63 bits per heavy atom. The summed E-state index contributed by atoms with van der Waals surface area (Å²) in [6.07, 6.45) is 5.18. The molecule has 0 bridgehead atoms. The van der Waals surface area contributed by atoms with E-state index in [2.05, 4.69) is 25.5 Å². The topological polar surface area (TPSA) is 73.5 Å². The van der Waals surface area contributed by atoms with Crippen molar-refractivity contribution in [2.45, 2.75) is 13.5 Å². The minimum Gasteiger partial charge on any atom is -0.365 e. The first kappa shape index (κ1) is 11.6. The van der Waals surface area contributed by atoms with Gasteiger partial charge in [-0.2, -0.15) is 10.2 Å². The van der Waals surface area contributed by atoms with E-state index in [9.17, 15) is 0 Å². The normalized spacial score (nSPS) is 11.1. The number of aryl methyl sites for hydroxylation is 2. The van der Waals surface area contributed by atoms with E-state index in [0.717, 1.165) is 28.1 Å². The summed E-state index contributed by atoms with van der Waals surface area (Å²) < 4.78 is 3.59. The van der Waals surface area contributed by atoms with E-state index >= 15 is 0 Å². The van der Waals surface area contributed by atoms with Crippen LogP contribution < -0.4 is 5.32 Å². The molecule has 1 N–H and O–H groups in total. The van der Waals surface area contributed by atoms with Gasteiger partial charge >= 0.3 is 0 Å². The molecule has 3 aromatic rings. The third-order valence-electron chi connectivity index (χ3n) is 3.31. The summed E-state index contributed by atoms with van der Waals surface area (Å²) in [6, 6.07) is 0. The lowest BCUT2D eigenvalue weighted by Crippen LogP contribution is -2.04. The van der Waals surface area contributed by atoms with E-state index in [-0.39, 0.29) is 0 Å². The summed E-state index contributed by atoms with van der Waals surface area (Å²) in [4.78, 5) is 8.48. The quantitative estimate of drug-likeness (QED) is 0.758. The van der Waals surface area contributed by atoms with Gasteiger partial charge in [0.05, 0.1) is 17.8 Å². The molecule has 0 atom stereocenters. The van der Waals surface area contributed by atoms with Crippen LogP contribution in [0.5, 0.6) is 0 Å². The van der Waals surface area contributed by atoms with Crippen LogP contribution >= 0.6 is 0 Å². The van der Waals surface area contributed by atoms with Gasteiger partial charge < -0.3 is 5.32 Å². The minimum absolute atomic E-state index is 0.681. The third-order valence-corrected chi connectivity index (χ3v) is 3.31. The number of hydrogen-bond donors (Lipinski definition) is 1. The molecule has 0 fully saturated rings. The highest BCUT2D eigenvalue weighted by atomic mass is 15.3. The summed E-state index contributed by atoms with van der Waals surface area (Å²) in [6.45, 7) is 2.73. The zero-order valence-corrected chi connectivity index (χ0v) is 11.1. The minimum atomic E-state index is 0.681. The number of nitrogens with one attached hydrogen (secondary N) is 1. The Balaban J connectivity index is 1.88. The molecule has 3 aromatic heterocycles. The lowest BCUT2D eigenvalue weighted by Gasteiger charge is -2.06. The van der Waals surface area contributed by atoms with E-state index < -0.39 is 0 Å². The van der Waals surface area contributed by atoms with Crippen molar-refractivity contribution >= 4 is 16.9 Å². The Morgan fingerprint density at radius 2 is 1.89 bits per heavy atom. The molecule has 3 rings (SSSR count). The highest BCUT2D eigenvalue weighted by Crippen LogP contribution is 2.18. The van der Waals surface area contributed by atoms with Gasteiger partial charge in [-0.15, -0.1) is 0 Å². The Bertz CT molecular complexity index is 725. The smallest absolute Gasteiger partial charge is 0.163 e. The number of nitrogens with zero attached hydrogens (tertiary/aromatic N) is 6.